The van der Waals surface area contributed by atoms with E-state index in [1.165, 1.54) is 11.8 Å². The van der Waals surface area contributed by atoms with Crippen LogP contribution in [0.2, 0.25) is 0 Å². The normalized spacial score (nSPS) is 9.76. The van der Waals surface area contributed by atoms with E-state index in [9.17, 15) is 9.59 Å². The van der Waals surface area contributed by atoms with Gasteiger partial charge in [-0.25, -0.2) is 4.79 Å². The lowest BCUT2D eigenvalue weighted by Crippen LogP contribution is -2.23. The average molecular weight is 356 g/mol. The van der Waals surface area contributed by atoms with Crippen molar-refractivity contribution < 1.29 is 19.1 Å². The van der Waals surface area contributed by atoms with E-state index >= 15 is 0 Å². The van der Waals surface area contributed by atoms with Gasteiger partial charge in [-0.3, -0.25) is 4.79 Å². The van der Waals surface area contributed by atoms with Crippen molar-refractivity contribution in [3.8, 4) is 11.8 Å². The lowest BCUT2D eigenvalue weighted by molar-refractivity contribution is -0.149. The summed E-state index contributed by atoms with van der Waals surface area (Å²) in [6.07, 6.45) is 1.91. The molecular formula is C18H16N2O4S. The van der Waals surface area contributed by atoms with E-state index in [-0.39, 0.29) is 6.61 Å². The van der Waals surface area contributed by atoms with Crippen molar-refractivity contribution in [3.63, 3.8) is 0 Å². The molecular weight excluding hydrogens is 340 g/mol. The number of hydrogen-bond acceptors (Lipinski definition) is 6. The Bertz CT molecular complexity index is 784. The Kier molecular flexibility index (Phi) is 6.87. The Morgan fingerprint density at radius 3 is 2.52 bits per heavy atom. The van der Waals surface area contributed by atoms with Crippen molar-refractivity contribution in [1.82, 2.24) is 0 Å². The minimum atomic E-state index is -0.655. The molecule has 0 radical (unpaired) electrons. The highest BCUT2D eigenvalue weighted by Crippen LogP contribution is 2.24. The highest BCUT2D eigenvalue weighted by Gasteiger charge is 2.10. The standard InChI is InChI=1S/C18H16N2O4S/c1-25-16-5-3-2-4-15(16)20-17(21)11-24-18(22)12-23-14-8-6-13(10-19)7-9-14/h2-9H,11-12H2,1H3,(H,20,21). The summed E-state index contributed by atoms with van der Waals surface area (Å²) >= 11 is 1.51. The molecule has 6 nitrogen and oxygen atoms in total. The van der Waals surface area contributed by atoms with E-state index < -0.39 is 18.5 Å². The van der Waals surface area contributed by atoms with Crippen LogP contribution < -0.4 is 10.1 Å². The summed E-state index contributed by atoms with van der Waals surface area (Å²) in [4.78, 5) is 24.4. The van der Waals surface area contributed by atoms with E-state index in [0.717, 1.165) is 4.90 Å². The van der Waals surface area contributed by atoms with Crippen LogP contribution in [0.3, 0.4) is 0 Å². The monoisotopic (exact) mass is 356 g/mol. The summed E-state index contributed by atoms with van der Waals surface area (Å²) in [5.74, 6) is -0.639. The second-order valence-corrected chi connectivity index (χ2v) is 5.68. The molecule has 0 saturated heterocycles. The number of esters is 1. The molecule has 1 amide bonds. The minimum absolute atomic E-state index is 0.319. The largest absolute Gasteiger partial charge is 0.482 e. The maximum atomic E-state index is 11.9. The first kappa shape index (κ1) is 18.4. The number of hydrogen-bond donors (Lipinski definition) is 1. The van der Waals surface area contributed by atoms with Crippen LogP contribution in [0, 0.1) is 11.3 Å². The Hall–Kier alpha value is -2.98. The van der Waals surface area contributed by atoms with Crippen molar-refractivity contribution in [2.75, 3.05) is 24.8 Å². The van der Waals surface area contributed by atoms with Gasteiger partial charge in [-0.05, 0) is 42.7 Å². The Balaban J connectivity index is 1.75. The number of nitrogens with one attached hydrogen (secondary N) is 1. The zero-order valence-corrected chi connectivity index (χ0v) is 14.3. The van der Waals surface area contributed by atoms with E-state index in [0.29, 0.717) is 17.0 Å². The molecule has 25 heavy (non-hydrogen) atoms. The molecule has 0 heterocycles. The molecule has 0 unspecified atom stereocenters. The number of carbonyl (C=O) groups is 2. The summed E-state index contributed by atoms with van der Waals surface area (Å²) in [7, 11) is 0. The van der Waals surface area contributed by atoms with Gasteiger partial charge in [0.2, 0.25) is 0 Å². The molecule has 0 saturated carbocycles. The third kappa shape index (κ3) is 5.86. The summed E-state index contributed by atoms with van der Waals surface area (Å²) < 4.78 is 10.1. The molecule has 0 fully saturated rings. The predicted molar refractivity (Wildman–Crippen MR) is 94.5 cm³/mol. The molecule has 0 aliphatic heterocycles. The number of nitriles is 1. The molecule has 1 N–H and O–H groups in total. The highest BCUT2D eigenvalue weighted by molar-refractivity contribution is 7.98. The average Bonchev–Trinajstić information content (AvgIpc) is 2.65. The van der Waals surface area contributed by atoms with Gasteiger partial charge in [-0.1, -0.05) is 12.1 Å². The van der Waals surface area contributed by atoms with Crippen LogP contribution in [-0.2, 0) is 14.3 Å². The smallest absolute Gasteiger partial charge is 0.344 e. The van der Waals surface area contributed by atoms with Gasteiger partial charge in [0.1, 0.15) is 5.75 Å². The second kappa shape index (κ2) is 9.35. The summed E-state index contributed by atoms with van der Waals surface area (Å²) in [6, 6.07) is 15.7. The first-order chi connectivity index (χ1) is 12.1. The van der Waals surface area contributed by atoms with E-state index in [1.54, 1.807) is 30.3 Å². The van der Waals surface area contributed by atoms with Crippen LogP contribution in [0.25, 0.3) is 0 Å². The van der Waals surface area contributed by atoms with Crippen LogP contribution >= 0.6 is 11.8 Å². The molecule has 0 aromatic heterocycles. The molecule has 2 rings (SSSR count). The fourth-order valence-corrected chi connectivity index (χ4v) is 2.44. The maximum absolute atomic E-state index is 11.9. The van der Waals surface area contributed by atoms with Gasteiger partial charge in [-0.2, -0.15) is 5.26 Å². The van der Waals surface area contributed by atoms with Gasteiger partial charge in [0.15, 0.2) is 13.2 Å². The van der Waals surface area contributed by atoms with Crippen LogP contribution in [0.15, 0.2) is 53.4 Å². The van der Waals surface area contributed by atoms with E-state index in [2.05, 4.69) is 5.32 Å². The Labute approximate surface area is 149 Å². The zero-order chi connectivity index (χ0) is 18.1. The topological polar surface area (TPSA) is 88.4 Å². The lowest BCUT2D eigenvalue weighted by Gasteiger charge is -2.10. The number of nitrogens with zero attached hydrogens (tertiary/aromatic N) is 1. The summed E-state index contributed by atoms with van der Waals surface area (Å²) in [5, 5.41) is 11.4. The molecule has 2 aromatic rings. The molecule has 0 aliphatic carbocycles. The predicted octanol–water partition coefficient (Wildman–Crippen LogP) is 2.84. The first-order valence-electron chi connectivity index (χ1n) is 7.34. The fraction of sp³-hybridized carbons (Fsp3) is 0.167. The number of anilines is 1. The second-order valence-electron chi connectivity index (χ2n) is 4.83. The first-order valence-corrected chi connectivity index (χ1v) is 8.56. The van der Waals surface area contributed by atoms with Gasteiger partial charge >= 0.3 is 5.97 Å². The van der Waals surface area contributed by atoms with Crippen LogP contribution in [0.4, 0.5) is 5.69 Å². The third-order valence-corrected chi connectivity index (χ3v) is 3.88. The van der Waals surface area contributed by atoms with E-state index in [1.807, 2.05) is 30.5 Å². The third-order valence-electron chi connectivity index (χ3n) is 3.09. The van der Waals surface area contributed by atoms with Gasteiger partial charge in [0.25, 0.3) is 5.91 Å². The number of amides is 1. The molecule has 0 bridgehead atoms. The fourth-order valence-electron chi connectivity index (χ4n) is 1.89. The molecule has 128 valence electrons. The Morgan fingerprint density at radius 1 is 1.12 bits per heavy atom. The van der Waals surface area contributed by atoms with Gasteiger partial charge in [-0.15, -0.1) is 11.8 Å². The molecule has 0 spiro atoms. The Morgan fingerprint density at radius 2 is 1.84 bits per heavy atom. The minimum Gasteiger partial charge on any atom is -0.482 e. The quantitative estimate of drug-likeness (QED) is 0.606. The molecule has 7 heteroatoms. The number of para-hydroxylation sites is 1. The molecule has 2 aromatic carbocycles. The zero-order valence-electron chi connectivity index (χ0n) is 13.5. The van der Waals surface area contributed by atoms with Crippen LogP contribution in [0.1, 0.15) is 5.56 Å². The van der Waals surface area contributed by atoms with Crippen LogP contribution in [-0.4, -0.2) is 31.3 Å². The SMILES string of the molecule is CSc1ccccc1NC(=O)COC(=O)COc1ccc(C#N)cc1. The van der Waals surface area contributed by atoms with E-state index in [4.69, 9.17) is 14.7 Å². The lowest BCUT2D eigenvalue weighted by atomic mass is 10.2. The number of thioether (sulfide) groups is 1. The van der Waals surface area contributed by atoms with Gasteiger partial charge < -0.3 is 14.8 Å². The number of rotatable bonds is 7. The molecule has 0 aliphatic rings. The number of carbonyl (C=O) groups excluding carboxylic acids is 2. The van der Waals surface area contributed by atoms with Gasteiger partial charge in [0.05, 0.1) is 17.3 Å². The summed E-state index contributed by atoms with van der Waals surface area (Å²) in [5.41, 5.74) is 1.17. The molecule has 0 atom stereocenters. The summed E-state index contributed by atoms with van der Waals surface area (Å²) in [6.45, 7) is -0.709. The van der Waals surface area contributed by atoms with Gasteiger partial charge in [0, 0.05) is 4.90 Å². The van der Waals surface area contributed by atoms with Crippen molar-refractivity contribution >= 4 is 29.3 Å². The number of benzene rings is 2. The van der Waals surface area contributed by atoms with Crippen molar-refractivity contribution in [2.24, 2.45) is 0 Å². The van der Waals surface area contributed by atoms with Crippen molar-refractivity contribution in [3.05, 3.63) is 54.1 Å². The highest BCUT2D eigenvalue weighted by atomic mass is 32.2. The maximum Gasteiger partial charge on any atom is 0.344 e. The number of ether oxygens (including phenoxy) is 2. The van der Waals surface area contributed by atoms with Crippen molar-refractivity contribution in [1.29, 1.82) is 5.26 Å². The van der Waals surface area contributed by atoms with Crippen LogP contribution in [0.5, 0.6) is 5.75 Å². The van der Waals surface area contributed by atoms with Crippen molar-refractivity contribution in [2.45, 2.75) is 4.90 Å².